The summed E-state index contributed by atoms with van der Waals surface area (Å²) in [5.41, 5.74) is 3.02. The van der Waals surface area contributed by atoms with Crippen molar-refractivity contribution in [3.63, 3.8) is 0 Å². The average molecular weight is 473 g/mol. The van der Waals surface area contributed by atoms with Crippen molar-refractivity contribution in [2.45, 2.75) is 13.0 Å². The van der Waals surface area contributed by atoms with Gasteiger partial charge in [0.05, 0.1) is 23.2 Å². The number of aliphatic hydroxyl groups excluding tert-OH is 1. The fourth-order valence-corrected chi connectivity index (χ4v) is 4.01. The first-order chi connectivity index (χ1) is 14.9. The van der Waals surface area contributed by atoms with Gasteiger partial charge in [-0.25, -0.2) is 0 Å². The van der Waals surface area contributed by atoms with E-state index >= 15 is 0 Å². The minimum atomic E-state index is -0.794. The van der Waals surface area contributed by atoms with Crippen molar-refractivity contribution in [2.24, 2.45) is 0 Å². The second-order valence-electron chi connectivity index (χ2n) is 7.19. The van der Waals surface area contributed by atoms with Crippen LogP contribution in [0.2, 0.25) is 0 Å². The first-order valence-electron chi connectivity index (χ1n) is 9.55. The van der Waals surface area contributed by atoms with Crippen LogP contribution >= 0.6 is 15.9 Å². The quantitative estimate of drug-likeness (QED) is 0.320. The Kier molecular flexibility index (Phi) is 5.45. The number of rotatable bonds is 3. The van der Waals surface area contributed by atoms with E-state index in [1.807, 2.05) is 37.3 Å². The fourth-order valence-electron chi connectivity index (χ4n) is 3.75. The fraction of sp³-hybridized carbons (Fsp3) is 0.0800. The number of hydrogen-bond donors (Lipinski definition) is 1. The lowest BCUT2D eigenvalue weighted by Gasteiger charge is -2.26. The van der Waals surface area contributed by atoms with E-state index in [1.165, 1.54) is 4.90 Å². The number of aryl methyl sites for hydroxylation is 1. The lowest BCUT2D eigenvalue weighted by atomic mass is 9.92. The Morgan fingerprint density at radius 3 is 2.26 bits per heavy atom. The summed E-state index contributed by atoms with van der Waals surface area (Å²) < 4.78 is 0.831. The van der Waals surface area contributed by atoms with Crippen molar-refractivity contribution in [1.29, 1.82) is 5.26 Å². The van der Waals surface area contributed by atoms with Gasteiger partial charge in [-0.1, -0.05) is 52.3 Å². The zero-order chi connectivity index (χ0) is 22.1. The monoisotopic (exact) mass is 472 g/mol. The van der Waals surface area contributed by atoms with E-state index in [9.17, 15) is 14.7 Å². The number of anilines is 1. The lowest BCUT2D eigenvalue weighted by Crippen LogP contribution is -2.29. The van der Waals surface area contributed by atoms with E-state index in [-0.39, 0.29) is 11.3 Å². The SMILES string of the molecule is Cc1ccccc1C1/C(=C(/O)c2ccc(Br)cc2)C(=O)C(=O)N1c1ccc(C#N)cc1. The van der Waals surface area contributed by atoms with Gasteiger partial charge in [-0.2, -0.15) is 5.26 Å². The first-order valence-corrected chi connectivity index (χ1v) is 10.3. The van der Waals surface area contributed by atoms with Gasteiger partial charge in [0.2, 0.25) is 0 Å². The zero-order valence-electron chi connectivity index (χ0n) is 16.5. The molecule has 1 aliphatic rings. The molecule has 5 nitrogen and oxygen atoms in total. The predicted octanol–water partition coefficient (Wildman–Crippen LogP) is 5.26. The maximum atomic E-state index is 13.1. The van der Waals surface area contributed by atoms with Crippen LogP contribution in [0.4, 0.5) is 5.69 Å². The Labute approximate surface area is 188 Å². The number of halogens is 1. The topological polar surface area (TPSA) is 81.4 Å². The molecule has 152 valence electrons. The Morgan fingerprint density at radius 2 is 1.65 bits per heavy atom. The molecule has 4 rings (SSSR count). The maximum Gasteiger partial charge on any atom is 0.300 e. The van der Waals surface area contributed by atoms with Gasteiger partial charge in [-0.05, 0) is 54.4 Å². The summed E-state index contributed by atoms with van der Waals surface area (Å²) >= 11 is 3.36. The highest BCUT2D eigenvalue weighted by Gasteiger charge is 2.47. The summed E-state index contributed by atoms with van der Waals surface area (Å²) in [6, 6.07) is 22.0. The molecule has 1 heterocycles. The molecular weight excluding hydrogens is 456 g/mol. The maximum absolute atomic E-state index is 13.1. The molecule has 1 fully saturated rings. The Morgan fingerprint density at radius 1 is 1.00 bits per heavy atom. The van der Waals surface area contributed by atoms with Gasteiger partial charge in [0.15, 0.2) is 0 Å². The summed E-state index contributed by atoms with van der Waals surface area (Å²) in [6.07, 6.45) is 0. The van der Waals surface area contributed by atoms with E-state index in [0.717, 1.165) is 15.6 Å². The van der Waals surface area contributed by atoms with Crippen LogP contribution in [0.5, 0.6) is 0 Å². The highest BCUT2D eigenvalue weighted by atomic mass is 79.9. The first kappa shape index (κ1) is 20.6. The van der Waals surface area contributed by atoms with E-state index in [1.54, 1.807) is 48.5 Å². The van der Waals surface area contributed by atoms with Gasteiger partial charge in [0, 0.05) is 15.7 Å². The van der Waals surface area contributed by atoms with Crippen molar-refractivity contribution < 1.29 is 14.7 Å². The molecule has 1 unspecified atom stereocenters. The molecule has 0 aromatic heterocycles. The largest absolute Gasteiger partial charge is 0.507 e. The van der Waals surface area contributed by atoms with Crippen molar-refractivity contribution in [1.82, 2.24) is 0 Å². The van der Waals surface area contributed by atoms with Crippen LogP contribution < -0.4 is 4.90 Å². The molecule has 0 bridgehead atoms. The van der Waals surface area contributed by atoms with E-state index < -0.39 is 17.7 Å². The number of nitriles is 1. The van der Waals surface area contributed by atoms with E-state index in [0.29, 0.717) is 16.8 Å². The molecule has 1 saturated heterocycles. The number of hydrogen-bond acceptors (Lipinski definition) is 4. The highest BCUT2D eigenvalue weighted by molar-refractivity contribution is 9.10. The molecule has 3 aromatic rings. The van der Waals surface area contributed by atoms with Gasteiger partial charge in [0.1, 0.15) is 5.76 Å². The molecule has 31 heavy (non-hydrogen) atoms. The highest BCUT2D eigenvalue weighted by Crippen LogP contribution is 2.43. The standard InChI is InChI=1S/C25H17BrN2O3/c1-15-4-2-3-5-20(15)22-21(23(29)17-8-10-18(26)11-9-17)24(30)25(31)28(22)19-12-6-16(14-27)7-13-19/h2-13,22,29H,1H3/b23-21-. The predicted molar refractivity (Wildman–Crippen MR) is 121 cm³/mol. The zero-order valence-corrected chi connectivity index (χ0v) is 18.1. The Balaban J connectivity index is 1.95. The normalized spacial score (nSPS) is 17.6. The van der Waals surface area contributed by atoms with Crippen molar-refractivity contribution >= 4 is 39.1 Å². The molecule has 3 aromatic carbocycles. The molecule has 0 radical (unpaired) electrons. The van der Waals surface area contributed by atoms with Crippen LogP contribution in [0, 0.1) is 18.3 Å². The number of nitrogens with zero attached hydrogens (tertiary/aromatic N) is 2. The molecule has 6 heteroatoms. The number of benzene rings is 3. The van der Waals surface area contributed by atoms with Gasteiger partial charge in [0.25, 0.3) is 11.7 Å². The van der Waals surface area contributed by atoms with Crippen LogP contribution in [0.15, 0.2) is 82.8 Å². The number of Topliss-reactive ketones (excluding diaryl/α,β-unsaturated/α-hetero) is 1. The minimum absolute atomic E-state index is 0.0333. The third-order valence-electron chi connectivity index (χ3n) is 5.32. The minimum Gasteiger partial charge on any atom is -0.507 e. The van der Waals surface area contributed by atoms with Crippen molar-refractivity contribution in [3.8, 4) is 6.07 Å². The van der Waals surface area contributed by atoms with Gasteiger partial charge < -0.3 is 5.11 Å². The Bertz CT molecular complexity index is 1260. The number of carbonyl (C=O) groups is 2. The molecular formula is C25H17BrN2O3. The summed E-state index contributed by atoms with van der Waals surface area (Å²) in [6.45, 7) is 1.90. The molecule has 1 amide bonds. The number of carbonyl (C=O) groups excluding carboxylic acids is 2. The molecule has 0 spiro atoms. The lowest BCUT2D eigenvalue weighted by molar-refractivity contribution is -0.132. The number of amides is 1. The molecule has 1 atom stereocenters. The Hall–Kier alpha value is -3.69. The second kappa shape index (κ2) is 8.21. The molecule has 1 N–H and O–H groups in total. The summed E-state index contributed by atoms with van der Waals surface area (Å²) in [4.78, 5) is 27.6. The van der Waals surface area contributed by atoms with Crippen molar-refractivity contribution in [2.75, 3.05) is 4.90 Å². The molecule has 0 aliphatic carbocycles. The van der Waals surface area contributed by atoms with Crippen LogP contribution in [-0.4, -0.2) is 16.8 Å². The van der Waals surface area contributed by atoms with Gasteiger partial charge in [-0.15, -0.1) is 0 Å². The van der Waals surface area contributed by atoms with E-state index in [4.69, 9.17) is 5.26 Å². The summed E-state index contributed by atoms with van der Waals surface area (Å²) in [5, 5.41) is 20.2. The van der Waals surface area contributed by atoms with Crippen LogP contribution in [0.25, 0.3) is 5.76 Å². The number of ketones is 1. The second-order valence-corrected chi connectivity index (χ2v) is 8.11. The van der Waals surface area contributed by atoms with Crippen LogP contribution in [0.1, 0.15) is 28.3 Å². The third-order valence-corrected chi connectivity index (χ3v) is 5.85. The van der Waals surface area contributed by atoms with Crippen LogP contribution in [0.3, 0.4) is 0 Å². The third kappa shape index (κ3) is 3.65. The van der Waals surface area contributed by atoms with Crippen LogP contribution in [-0.2, 0) is 9.59 Å². The average Bonchev–Trinajstić information content (AvgIpc) is 3.04. The summed E-state index contributed by atoms with van der Waals surface area (Å²) in [5.74, 6) is -1.70. The van der Waals surface area contributed by atoms with Gasteiger partial charge in [-0.3, -0.25) is 14.5 Å². The smallest absolute Gasteiger partial charge is 0.300 e. The van der Waals surface area contributed by atoms with Crippen molar-refractivity contribution in [3.05, 3.63) is 105 Å². The molecule has 1 aliphatic heterocycles. The summed E-state index contributed by atoms with van der Waals surface area (Å²) in [7, 11) is 0. The van der Waals surface area contributed by atoms with E-state index in [2.05, 4.69) is 15.9 Å². The number of aliphatic hydroxyl groups is 1. The molecule has 0 saturated carbocycles. The van der Waals surface area contributed by atoms with Gasteiger partial charge >= 0.3 is 0 Å².